The molecule has 0 radical (unpaired) electrons. The summed E-state index contributed by atoms with van der Waals surface area (Å²) in [5.74, 6) is 1.57. The van der Waals surface area contributed by atoms with Crippen LogP contribution in [0.25, 0.3) is 0 Å². The van der Waals surface area contributed by atoms with Crippen LogP contribution in [0.4, 0.5) is 0 Å². The third-order valence-electron chi connectivity index (χ3n) is 3.90. The minimum absolute atomic E-state index is 0.346. The lowest BCUT2D eigenvalue weighted by Gasteiger charge is -2.14. The molecule has 1 fully saturated rings. The minimum Gasteiger partial charge on any atom is -0.474 e. The molecule has 1 aliphatic rings. The van der Waals surface area contributed by atoms with Crippen molar-refractivity contribution in [2.45, 2.75) is 58.1 Å². The van der Waals surface area contributed by atoms with Crippen molar-refractivity contribution in [1.82, 2.24) is 15.6 Å². The monoisotopic (exact) mass is 304 g/mol. The Hall–Kier alpha value is -1.78. The van der Waals surface area contributed by atoms with E-state index in [0.717, 1.165) is 49.8 Å². The van der Waals surface area contributed by atoms with Crippen LogP contribution >= 0.6 is 0 Å². The Balaban J connectivity index is 1.81. The van der Waals surface area contributed by atoms with Crippen LogP contribution in [0, 0.1) is 0 Å². The van der Waals surface area contributed by atoms with Crippen LogP contribution in [0.3, 0.4) is 0 Å². The summed E-state index contributed by atoms with van der Waals surface area (Å²) in [6, 6.07) is 4.03. The van der Waals surface area contributed by atoms with Crippen molar-refractivity contribution in [3.8, 4) is 5.88 Å². The Labute approximate surface area is 133 Å². The van der Waals surface area contributed by atoms with Gasteiger partial charge in [0.15, 0.2) is 5.96 Å². The van der Waals surface area contributed by atoms with E-state index in [1.807, 2.05) is 18.3 Å². The summed E-state index contributed by atoms with van der Waals surface area (Å²) >= 11 is 0. The first-order valence-electron chi connectivity index (χ1n) is 8.38. The van der Waals surface area contributed by atoms with Gasteiger partial charge in [-0.05, 0) is 43.7 Å². The smallest absolute Gasteiger partial charge is 0.213 e. The molecule has 1 heterocycles. The fraction of sp³-hybridized carbons (Fsp3) is 0.647. The summed E-state index contributed by atoms with van der Waals surface area (Å²) in [5.41, 5.74) is 1.15. The minimum atomic E-state index is 0.346. The van der Waals surface area contributed by atoms with Gasteiger partial charge in [0.25, 0.3) is 0 Å². The van der Waals surface area contributed by atoms with E-state index in [0.29, 0.717) is 6.10 Å². The lowest BCUT2D eigenvalue weighted by atomic mass is 10.2. The number of guanidine groups is 1. The van der Waals surface area contributed by atoms with E-state index in [1.54, 1.807) is 7.05 Å². The van der Waals surface area contributed by atoms with Crippen LogP contribution < -0.4 is 15.4 Å². The van der Waals surface area contributed by atoms with Crippen LogP contribution in [0.1, 0.15) is 51.0 Å². The first kappa shape index (κ1) is 16.6. The molecule has 0 bridgehead atoms. The number of hydrogen-bond donors (Lipinski definition) is 2. The first-order valence-corrected chi connectivity index (χ1v) is 8.38. The summed E-state index contributed by atoms with van der Waals surface area (Å²) in [6.45, 7) is 3.85. The zero-order valence-corrected chi connectivity index (χ0v) is 13.8. The lowest BCUT2D eigenvalue weighted by Crippen LogP contribution is -2.37. The second-order valence-electron chi connectivity index (χ2n) is 5.73. The second kappa shape index (κ2) is 9.28. The average molecular weight is 304 g/mol. The summed E-state index contributed by atoms with van der Waals surface area (Å²) in [5, 5.41) is 6.63. The van der Waals surface area contributed by atoms with Gasteiger partial charge in [0.05, 0.1) is 0 Å². The quantitative estimate of drug-likeness (QED) is 0.462. The number of aliphatic imine (C=N–C) groups is 1. The van der Waals surface area contributed by atoms with Crippen molar-refractivity contribution < 1.29 is 4.74 Å². The van der Waals surface area contributed by atoms with Gasteiger partial charge in [0.1, 0.15) is 6.10 Å². The van der Waals surface area contributed by atoms with Crippen LogP contribution in [0.15, 0.2) is 23.3 Å². The summed E-state index contributed by atoms with van der Waals surface area (Å²) in [6.07, 6.45) is 9.33. The van der Waals surface area contributed by atoms with Crippen molar-refractivity contribution in [2.75, 3.05) is 13.6 Å². The van der Waals surface area contributed by atoms with Crippen LogP contribution in [0.5, 0.6) is 5.88 Å². The van der Waals surface area contributed by atoms with Gasteiger partial charge < -0.3 is 15.4 Å². The van der Waals surface area contributed by atoms with Gasteiger partial charge in [-0.25, -0.2) is 4.98 Å². The van der Waals surface area contributed by atoms with Gasteiger partial charge in [0.2, 0.25) is 5.88 Å². The van der Waals surface area contributed by atoms with Crippen molar-refractivity contribution in [3.05, 3.63) is 23.9 Å². The maximum absolute atomic E-state index is 5.94. The third kappa shape index (κ3) is 5.54. The van der Waals surface area contributed by atoms with Crippen LogP contribution in [0.2, 0.25) is 0 Å². The zero-order chi connectivity index (χ0) is 15.6. The van der Waals surface area contributed by atoms with Crippen molar-refractivity contribution in [1.29, 1.82) is 0 Å². The largest absolute Gasteiger partial charge is 0.474 e. The molecule has 22 heavy (non-hydrogen) atoms. The molecule has 0 amide bonds. The highest BCUT2D eigenvalue weighted by atomic mass is 16.5. The van der Waals surface area contributed by atoms with Gasteiger partial charge in [-0.2, -0.15) is 0 Å². The molecule has 0 saturated heterocycles. The number of pyridine rings is 1. The molecule has 1 saturated carbocycles. The fourth-order valence-corrected chi connectivity index (χ4v) is 2.59. The molecule has 2 rings (SSSR count). The number of nitrogens with zero attached hydrogens (tertiary/aromatic N) is 2. The molecule has 1 aromatic heterocycles. The molecule has 5 nitrogen and oxygen atoms in total. The Bertz CT molecular complexity index is 469. The molecule has 0 aromatic carbocycles. The van der Waals surface area contributed by atoms with Gasteiger partial charge in [0, 0.05) is 32.4 Å². The molecule has 0 unspecified atom stereocenters. The average Bonchev–Trinajstić information content (AvgIpc) is 3.04. The summed E-state index contributed by atoms with van der Waals surface area (Å²) < 4.78 is 5.94. The Kier molecular flexibility index (Phi) is 7.00. The Morgan fingerprint density at radius 3 is 2.91 bits per heavy atom. The topological polar surface area (TPSA) is 58.5 Å². The van der Waals surface area contributed by atoms with Crippen molar-refractivity contribution >= 4 is 5.96 Å². The number of nitrogens with one attached hydrogen (secondary N) is 2. The fourth-order valence-electron chi connectivity index (χ4n) is 2.59. The van der Waals surface area contributed by atoms with Gasteiger partial charge >= 0.3 is 0 Å². The van der Waals surface area contributed by atoms with E-state index >= 15 is 0 Å². The normalized spacial score (nSPS) is 15.8. The molecular weight excluding hydrogens is 276 g/mol. The molecule has 2 N–H and O–H groups in total. The molecular formula is C17H28N4O. The van der Waals surface area contributed by atoms with Crippen molar-refractivity contribution in [3.63, 3.8) is 0 Å². The van der Waals surface area contributed by atoms with Crippen LogP contribution in [-0.4, -0.2) is 30.6 Å². The van der Waals surface area contributed by atoms with E-state index in [2.05, 4.69) is 27.5 Å². The number of rotatable bonds is 7. The number of aromatic nitrogens is 1. The molecule has 0 aliphatic heterocycles. The predicted octanol–water partition coefficient (Wildman–Crippen LogP) is 2.87. The molecule has 122 valence electrons. The molecule has 1 aromatic rings. The lowest BCUT2D eigenvalue weighted by molar-refractivity contribution is 0.201. The maximum Gasteiger partial charge on any atom is 0.213 e. The zero-order valence-electron chi connectivity index (χ0n) is 13.8. The van der Waals surface area contributed by atoms with E-state index in [4.69, 9.17) is 4.74 Å². The summed E-state index contributed by atoms with van der Waals surface area (Å²) in [4.78, 5) is 8.54. The SMILES string of the molecule is CCCCNC(=NC)NCc1ccnc(OC2CCCC2)c1. The van der Waals surface area contributed by atoms with Gasteiger partial charge in [-0.3, -0.25) is 4.99 Å². The number of unbranched alkanes of at least 4 members (excludes halogenated alkanes) is 1. The van der Waals surface area contributed by atoms with E-state index in [-0.39, 0.29) is 0 Å². The van der Waals surface area contributed by atoms with E-state index < -0.39 is 0 Å². The maximum atomic E-state index is 5.94. The predicted molar refractivity (Wildman–Crippen MR) is 90.2 cm³/mol. The highest BCUT2D eigenvalue weighted by molar-refractivity contribution is 5.79. The molecule has 5 heteroatoms. The van der Waals surface area contributed by atoms with Crippen LogP contribution in [-0.2, 0) is 6.54 Å². The Morgan fingerprint density at radius 2 is 2.18 bits per heavy atom. The highest BCUT2D eigenvalue weighted by Gasteiger charge is 2.16. The molecule has 0 atom stereocenters. The van der Waals surface area contributed by atoms with Gasteiger partial charge in [-0.1, -0.05) is 13.3 Å². The Morgan fingerprint density at radius 1 is 1.36 bits per heavy atom. The third-order valence-corrected chi connectivity index (χ3v) is 3.90. The van der Waals surface area contributed by atoms with Gasteiger partial charge in [-0.15, -0.1) is 0 Å². The number of ether oxygens (including phenoxy) is 1. The molecule has 0 spiro atoms. The second-order valence-corrected chi connectivity index (χ2v) is 5.73. The number of hydrogen-bond acceptors (Lipinski definition) is 3. The summed E-state index contributed by atoms with van der Waals surface area (Å²) in [7, 11) is 1.79. The highest BCUT2D eigenvalue weighted by Crippen LogP contribution is 2.23. The first-order chi connectivity index (χ1) is 10.8. The molecule has 1 aliphatic carbocycles. The van der Waals surface area contributed by atoms with Crippen molar-refractivity contribution in [2.24, 2.45) is 4.99 Å². The standard InChI is InChI=1S/C17H28N4O/c1-3-4-10-20-17(18-2)21-13-14-9-11-19-16(12-14)22-15-7-5-6-8-15/h9,11-12,15H,3-8,10,13H2,1-2H3,(H2,18,20,21). The van der Waals surface area contributed by atoms with E-state index in [1.165, 1.54) is 19.3 Å². The van der Waals surface area contributed by atoms with E-state index in [9.17, 15) is 0 Å².